The summed E-state index contributed by atoms with van der Waals surface area (Å²) in [7, 11) is 0.482. The van der Waals surface area contributed by atoms with Crippen molar-refractivity contribution in [2.75, 3.05) is 20.1 Å². The van der Waals surface area contributed by atoms with Crippen LogP contribution in [0.25, 0.3) is 0 Å². The Kier molecular flexibility index (Phi) is 4.94. The molecule has 3 nitrogen and oxygen atoms in total. The summed E-state index contributed by atoms with van der Waals surface area (Å²) in [5.41, 5.74) is 0.153. The topological polar surface area (TPSA) is 32.7 Å². The molecule has 156 valence electrons. The number of piperidine rings is 1. The van der Waals surface area contributed by atoms with E-state index in [0.717, 1.165) is 18.3 Å². The zero-order valence-electron chi connectivity index (χ0n) is 18.8. The summed E-state index contributed by atoms with van der Waals surface area (Å²) in [5, 5.41) is 11.7. The summed E-state index contributed by atoms with van der Waals surface area (Å²) in [6.45, 7) is 16.7. The van der Waals surface area contributed by atoms with Gasteiger partial charge in [-0.3, -0.25) is 0 Å². The number of aliphatic hydroxyl groups excluding tert-OH is 1. The molecule has 4 heteroatoms. The van der Waals surface area contributed by atoms with Gasteiger partial charge in [0.25, 0.3) is 0 Å². The molecule has 27 heavy (non-hydrogen) atoms. The molecule has 1 aliphatic heterocycles. The van der Waals surface area contributed by atoms with Gasteiger partial charge in [0.15, 0.2) is 8.32 Å². The highest BCUT2D eigenvalue weighted by Gasteiger charge is 2.68. The van der Waals surface area contributed by atoms with Crippen LogP contribution in [-0.2, 0) is 4.43 Å². The minimum Gasteiger partial charge on any atom is -0.414 e. The van der Waals surface area contributed by atoms with Gasteiger partial charge in [-0.2, -0.15) is 0 Å². The van der Waals surface area contributed by atoms with Gasteiger partial charge in [-0.1, -0.05) is 27.7 Å². The van der Waals surface area contributed by atoms with Gasteiger partial charge in [0, 0.05) is 18.1 Å². The van der Waals surface area contributed by atoms with Crippen LogP contribution in [0.2, 0.25) is 18.1 Å². The van der Waals surface area contributed by atoms with Crippen LogP contribution in [-0.4, -0.2) is 50.7 Å². The molecule has 8 atom stereocenters. The van der Waals surface area contributed by atoms with E-state index in [2.05, 4.69) is 52.7 Å². The third-order valence-electron chi connectivity index (χ3n) is 9.56. The van der Waals surface area contributed by atoms with E-state index < -0.39 is 8.32 Å². The van der Waals surface area contributed by atoms with Gasteiger partial charge >= 0.3 is 0 Å². The Labute approximate surface area is 168 Å². The lowest BCUT2D eigenvalue weighted by Gasteiger charge is -2.47. The van der Waals surface area contributed by atoms with Crippen molar-refractivity contribution in [1.29, 1.82) is 0 Å². The van der Waals surface area contributed by atoms with Gasteiger partial charge in [-0.15, -0.1) is 0 Å². The molecule has 0 aromatic rings. The molecule has 1 saturated heterocycles. The standard InChI is InChI=1S/C23H43NO2Si/c1-15-10-17-12-19(26-27(6,7)22(2,3)4)21-18-8-9-24(5)14-16(18)13-23(17,21)20(25)11-15/h15-21,25H,8-14H2,1-7H3/t15-,16-,17+,18+,19+,20-,21+,23-/m0/s1. The Morgan fingerprint density at radius 1 is 1.15 bits per heavy atom. The van der Waals surface area contributed by atoms with E-state index in [4.69, 9.17) is 4.43 Å². The summed E-state index contributed by atoms with van der Waals surface area (Å²) in [5.74, 6) is 3.46. The van der Waals surface area contributed by atoms with Crippen LogP contribution in [0.5, 0.6) is 0 Å². The van der Waals surface area contributed by atoms with E-state index in [-0.39, 0.29) is 16.6 Å². The molecule has 0 bridgehead atoms. The normalized spacial score (nSPS) is 48.2. The molecule has 4 rings (SSSR count). The maximum absolute atomic E-state index is 11.4. The SMILES string of the molecule is C[C@H]1C[C@@H]2C[C@@H](O[Si](C)(C)C(C)(C)C)[C@H]3[C@@H]4CCN(C)C[C@@H]4C[C@@]23[C@@H](O)C1. The average molecular weight is 394 g/mol. The van der Waals surface area contributed by atoms with E-state index in [1.54, 1.807) is 0 Å². The lowest BCUT2D eigenvalue weighted by molar-refractivity contribution is -0.0805. The number of hydrogen-bond acceptors (Lipinski definition) is 3. The van der Waals surface area contributed by atoms with Gasteiger partial charge in [-0.05, 0) is 93.4 Å². The number of hydrogen-bond donors (Lipinski definition) is 1. The van der Waals surface area contributed by atoms with Crippen LogP contribution in [0.15, 0.2) is 0 Å². The Morgan fingerprint density at radius 2 is 1.85 bits per heavy atom. The quantitative estimate of drug-likeness (QED) is 0.687. The first-order valence-electron chi connectivity index (χ1n) is 11.5. The Morgan fingerprint density at radius 3 is 2.52 bits per heavy atom. The number of fused-ring (bicyclic) bond motifs is 2. The maximum atomic E-state index is 11.4. The number of likely N-dealkylation sites (tertiary alicyclic amines) is 1. The Balaban J connectivity index is 1.68. The fourth-order valence-corrected chi connectivity index (χ4v) is 8.77. The second-order valence-electron chi connectivity index (χ2n) is 12.3. The fourth-order valence-electron chi connectivity index (χ4n) is 7.42. The van der Waals surface area contributed by atoms with Crippen molar-refractivity contribution >= 4 is 8.32 Å². The average Bonchev–Trinajstić information content (AvgIpc) is 2.99. The van der Waals surface area contributed by atoms with Crippen LogP contribution in [0.3, 0.4) is 0 Å². The summed E-state index contributed by atoms with van der Waals surface area (Å²) in [4.78, 5) is 2.52. The summed E-state index contributed by atoms with van der Waals surface area (Å²) < 4.78 is 7.14. The van der Waals surface area contributed by atoms with Gasteiger partial charge in [0.1, 0.15) is 0 Å². The third kappa shape index (κ3) is 3.08. The van der Waals surface area contributed by atoms with Crippen LogP contribution >= 0.6 is 0 Å². The van der Waals surface area contributed by atoms with Gasteiger partial charge in [0.05, 0.1) is 6.10 Å². The predicted molar refractivity (Wildman–Crippen MR) is 114 cm³/mol. The first-order valence-corrected chi connectivity index (χ1v) is 14.4. The molecular formula is C23H43NO2Si. The van der Waals surface area contributed by atoms with Crippen LogP contribution in [0.1, 0.15) is 59.8 Å². The molecule has 0 radical (unpaired) electrons. The molecule has 0 aromatic carbocycles. The minimum absolute atomic E-state index is 0.111. The zero-order valence-corrected chi connectivity index (χ0v) is 19.8. The Hall–Kier alpha value is 0.0969. The molecule has 0 amide bonds. The summed E-state index contributed by atoms with van der Waals surface area (Å²) in [6.07, 6.45) is 6.35. The molecule has 3 aliphatic carbocycles. The highest BCUT2D eigenvalue weighted by atomic mass is 28.4. The van der Waals surface area contributed by atoms with Crippen molar-refractivity contribution in [3.63, 3.8) is 0 Å². The summed E-state index contributed by atoms with van der Waals surface area (Å²) in [6, 6.07) is 0. The number of aliphatic hydroxyl groups is 1. The molecule has 1 heterocycles. The molecule has 0 aromatic heterocycles. The Bertz CT molecular complexity index is 573. The van der Waals surface area contributed by atoms with Crippen LogP contribution in [0.4, 0.5) is 0 Å². The van der Waals surface area contributed by atoms with Crippen molar-refractivity contribution in [1.82, 2.24) is 4.90 Å². The largest absolute Gasteiger partial charge is 0.414 e. The highest BCUT2D eigenvalue weighted by molar-refractivity contribution is 6.74. The van der Waals surface area contributed by atoms with E-state index in [1.165, 1.54) is 38.8 Å². The third-order valence-corrected chi connectivity index (χ3v) is 14.1. The molecule has 4 aliphatic rings. The lowest BCUT2D eigenvalue weighted by atomic mass is 9.60. The first-order chi connectivity index (χ1) is 12.5. The first kappa shape index (κ1) is 20.4. The van der Waals surface area contributed by atoms with Crippen molar-refractivity contribution < 1.29 is 9.53 Å². The fraction of sp³-hybridized carbons (Fsp3) is 1.00. The molecule has 0 unspecified atom stereocenters. The van der Waals surface area contributed by atoms with Gasteiger partial charge in [-0.25, -0.2) is 0 Å². The highest BCUT2D eigenvalue weighted by Crippen LogP contribution is 2.69. The second kappa shape index (κ2) is 6.55. The molecule has 4 fully saturated rings. The summed E-state index contributed by atoms with van der Waals surface area (Å²) >= 11 is 0. The van der Waals surface area contributed by atoms with Crippen LogP contribution in [0, 0.1) is 35.0 Å². The number of nitrogens with zero attached hydrogens (tertiary/aromatic N) is 1. The van der Waals surface area contributed by atoms with Crippen molar-refractivity contribution in [3.8, 4) is 0 Å². The van der Waals surface area contributed by atoms with Crippen molar-refractivity contribution in [3.05, 3.63) is 0 Å². The smallest absolute Gasteiger partial charge is 0.192 e. The van der Waals surface area contributed by atoms with Crippen molar-refractivity contribution in [2.45, 2.75) is 90.1 Å². The number of rotatable bonds is 2. The molecular weight excluding hydrogens is 350 g/mol. The lowest BCUT2D eigenvalue weighted by Crippen LogP contribution is -2.50. The monoisotopic (exact) mass is 393 g/mol. The molecule has 1 N–H and O–H groups in total. The van der Waals surface area contributed by atoms with E-state index in [0.29, 0.717) is 23.9 Å². The molecule has 3 saturated carbocycles. The van der Waals surface area contributed by atoms with Crippen molar-refractivity contribution in [2.24, 2.45) is 35.0 Å². The van der Waals surface area contributed by atoms with Gasteiger partial charge in [0.2, 0.25) is 0 Å². The zero-order chi connectivity index (χ0) is 19.8. The van der Waals surface area contributed by atoms with E-state index >= 15 is 0 Å². The van der Waals surface area contributed by atoms with E-state index in [9.17, 15) is 5.11 Å². The van der Waals surface area contributed by atoms with Crippen LogP contribution < -0.4 is 0 Å². The predicted octanol–water partition coefficient (Wildman–Crippen LogP) is 4.76. The maximum Gasteiger partial charge on any atom is 0.192 e. The molecule has 1 spiro atoms. The van der Waals surface area contributed by atoms with E-state index in [1.807, 2.05) is 0 Å². The minimum atomic E-state index is -1.80. The van der Waals surface area contributed by atoms with Gasteiger partial charge < -0.3 is 14.4 Å². The second-order valence-corrected chi connectivity index (χ2v) is 17.0.